The van der Waals surface area contributed by atoms with Gasteiger partial charge in [-0.2, -0.15) is 0 Å². The predicted molar refractivity (Wildman–Crippen MR) is 86.3 cm³/mol. The molecule has 2 heterocycles. The molecule has 3 aromatic rings. The molecule has 1 aromatic heterocycles. The van der Waals surface area contributed by atoms with Crippen LogP contribution < -0.4 is 15.8 Å². The Labute approximate surface area is 122 Å². The van der Waals surface area contributed by atoms with Crippen LogP contribution in [0.15, 0.2) is 66.5 Å². The first kappa shape index (κ1) is 12.1. The first-order valence-electron chi connectivity index (χ1n) is 7.07. The Kier molecular flexibility index (Phi) is 2.87. The molecule has 2 aromatic carbocycles. The minimum atomic E-state index is 0.990. The van der Waals surface area contributed by atoms with E-state index in [9.17, 15) is 0 Å². The molecule has 0 unspecified atom stereocenters. The summed E-state index contributed by atoms with van der Waals surface area (Å²) in [5.74, 6) is 0. The van der Waals surface area contributed by atoms with Gasteiger partial charge in [0, 0.05) is 29.0 Å². The molecule has 1 aliphatic rings. The molecule has 100 valence electrons. The molecule has 0 aliphatic carbocycles. The molecule has 2 heteroatoms. The van der Waals surface area contributed by atoms with E-state index in [0.717, 1.165) is 5.69 Å². The molecule has 4 rings (SSSR count). The van der Waals surface area contributed by atoms with Crippen LogP contribution >= 0.6 is 0 Å². The van der Waals surface area contributed by atoms with Gasteiger partial charge in [0.15, 0.2) is 0 Å². The van der Waals surface area contributed by atoms with Crippen molar-refractivity contribution in [1.82, 2.24) is 4.98 Å². The lowest BCUT2D eigenvalue weighted by Gasteiger charge is -2.03. The van der Waals surface area contributed by atoms with Crippen molar-refractivity contribution in [2.24, 2.45) is 0 Å². The zero-order chi connectivity index (χ0) is 14.1. The Morgan fingerprint density at radius 1 is 0.857 bits per heavy atom. The van der Waals surface area contributed by atoms with Crippen molar-refractivity contribution >= 4 is 29.1 Å². The maximum absolute atomic E-state index is 4.53. The standard InChI is InChI=1S/C19H14N2/c1-3-7-16-12-20-18(9-14(16)5-1)11-19-10-15-6-2-4-8-17(15)13-21-19/h1-13,20H/p+1/b18-11-. The second-order valence-corrected chi connectivity index (χ2v) is 5.21. The van der Waals surface area contributed by atoms with Gasteiger partial charge in [-0.25, -0.2) is 0 Å². The lowest BCUT2D eigenvalue weighted by atomic mass is 10.1. The number of aromatic nitrogens is 1. The van der Waals surface area contributed by atoms with Crippen LogP contribution in [-0.2, 0) is 0 Å². The number of quaternary nitrogens is 1. The average Bonchev–Trinajstić information content (AvgIpc) is 2.55. The van der Waals surface area contributed by atoms with E-state index in [2.05, 4.69) is 77.2 Å². The summed E-state index contributed by atoms with van der Waals surface area (Å²) >= 11 is 0. The Morgan fingerprint density at radius 3 is 2.52 bits per heavy atom. The highest BCUT2D eigenvalue weighted by Crippen LogP contribution is 2.14. The van der Waals surface area contributed by atoms with Gasteiger partial charge in [0.2, 0.25) is 0 Å². The lowest BCUT2D eigenvalue weighted by Crippen LogP contribution is -2.77. The van der Waals surface area contributed by atoms with Crippen molar-refractivity contribution in [2.45, 2.75) is 0 Å². The zero-order valence-electron chi connectivity index (χ0n) is 11.5. The lowest BCUT2D eigenvalue weighted by molar-refractivity contribution is -0.488. The summed E-state index contributed by atoms with van der Waals surface area (Å²) < 4.78 is 0. The first-order valence-corrected chi connectivity index (χ1v) is 7.07. The Bertz CT molecular complexity index is 968. The monoisotopic (exact) mass is 271 g/mol. The van der Waals surface area contributed by atoms with Crippen LogP contribution in [0.2, 0.25) is 0 Å². The van der Waals surface area contributed by atoms with Crippen LogP contribution in [0.25, 0.3) is 29.1 Å². The van der Waals surface area contributed by atoms with Gasteiger partial charge >= 0.3 is 0 Å². The van der Waals surface area contributed by atoms with Crippen molar-refractivity contribution in [3.8, 4) is 0 Å². The highest BCUT2D eigenvalue weighted by atomic mass is 14.9. The number of rotatable bonds is 1. The molecule has 0 spiro atoms. The molecule has 0 fully saturated rings. The third-order valence-corrected chi connectivity index (χ3v) is 3.74. The second kappa shape index (κ2) is 5.00. The molecular weight excluding hydrogens is 256 g/mol. The van der Waals surface area contributed by atoms with Crippen molar-refractivity contribution in [2.75, 3.05) is 0 Å². The van der Waals surface area contributed by atoms with E-state index in [1.165, 1.54) is 26.9 Å². The van der Waals surface area contributed by atoms with Gasteiger partial charge in [-0.05, 0) is 22.7 Å². The third-order valence-electron chi connectivity index (χ3n) is 3.74. The highest BCUT2D eigenvalue weighted by molar-refractivity contribution is 5.83. The third kappa shape index (κ3) is 2.37. The van der Waals surface area contributed by atoms with Gasteiger partial charge in [0.25, 0.3) is 0 Å². The summed E-state index contributed by atoms with van der Waals surface area (Å²) in [6.07, 6.45) is 8.41. The minimum Gasteiger partial charge on any atom is -0.287 e. The number of hydrogen-bond donors (Lipinski definition) is 1. The van der Waals surface area contributed by atoms with E-state index >= 15 is 0 Å². The van der Waals surface area contributed by atoms with Crippen LogP contribution in [0.1, 0.15) is 5.69 Å². The maximum atomic E-state index is 4.53. The van der Waals surface area contributed by atoms with Crippen molar-refractivity contribution < 1.29 is 5.32 Å². The number of pyridine rings is 1. The van der Waals surface area contributed by atoms with Crippen LogP contribution in [0.5, 0.6) is 0 Å². The summed E-state index contributed by atoms with van der Waals surface area (Å²) in [7, 11) is 0. The fraction of sp³-hybridized carbons (Fsp3) is 0. The number of allylic oxidation sites excluding steroid dienone is 1. The molecule has 2 nitrogen and oxygen atoms in total. The summed E-state index contributed by atoms with van der Waals surface area (Å²) in [4.78, 5) is 4.53. The Balaban J connectivity index is 1.78. The molecule has 0 bridgehead atoms. The highest BCUT2D eigenvalue weighted by Gasteiger charge is 2.03. The summed E-state index contributed by atoms with van der Waals surface area (Å²) in [5, 5.41) is 7.06. The van der Waals surface area contributed by atoms with Gasteiger partial charge in [-0.15, -0.1) is 0 Å². The van der Waals surface area contributed by atoms with E-state index in [0.29, 0.717) is 0 Å². The van der Waals surface area contributed by atoms with Crippen LogP contribution in [0, 0.1) is 0 Å². The van der Waals surface area contributed by atoms with E-state index in [-0.39, 0.29) is 0 Å². The quantitative estimate of drug-likeness (QED) is 0.712. The van der Waals surface area contributed by atoms with Crippen molar-refractivity contribution in [3.05, 3.63) is 82.6 Å². The molecule has 0 saturated carbocycles. The molecule has 0 atom stereocenters. The molecular formula is C19H15N2+. The molecule has 2 N–H and O–H groups in total. The van der Waals surface area contributed by atoms with E-state index in [1.54, 1.807) is 0 Å². The Morgan fingerprint density at radius 2 is 1.62 bits per heavy atom. The van der Waals surface area contributed by atoms with E-state index in [4.69, 9.17) is 0 Å². The van der Waals surface area contributed by atoms with Crippen LogP contribution in [-0.4, -0.2) is 4.98 Å². The molecule has 1 aliphatic heterocycles. The smallest absolute Gasteiger partial charge is 0.136 e. The number of benzene rings is 2. The Hall–Kier alpha value is -2.71. The van der Waals surface area contributed by atoms with E-state index < -0.39 is 0 Å². The van der Waals surface area contributed by atoms with Crippen LogP contribution in [0.4, 0.5) is 0 Å². The van der Waals surface area contributed by atoms with Gasteiger partial charge in [0.05, 0.1) is 5.69 Å². The zero-order valence-corrected chi connectivity index (χ0v) is 11.5. The van der Waals surface area contributed by atoms with Gasteiger partial charge < -0.3 is 0 Å². The largest absolute Gasteiger partial charge is 0.287 e. The summed E-state index contributed by atoms with van der Waals surface area (Å²) in [6.45, 7) is 0. The molecule has 0 saturated heterocycles. The summed E-state index contributed by atoms with van der Waals surface area (Å²) in [5.41, 5.74) is 2.17. The van der Waals surface area contributed by atoms with Gasteiger partial charge in [-0.1, -0.05) is 42.5 Å². The second-order valence-electron chi connectivity index (χ2n) is 5.21. The average molecular weight is 271 g/mol. The maximum Gasteiger partial charge on any atom is 0.136 e. The SMILES string of the molecule is C1=c2ccccc2=C/C(=C/c2cc3ccccc3cn2)[NH2+]1. The fourth-order valence-corrected chi connectivity index (χ4v) is 2.65. The molecule has 21 heavy (non-hydrogen) atoms. The molecule has 0 amide bonds. The molecule has 0 radical (unpaired) electrons. The minimum absolute atomic E-state index is 0.990. The number of hydrogen-bond acceptors (Lipinski definition) is 1. The predicted octanol–water partition coefficient (Wildman–Crippen LogP) is 1.37. The van der Waals surface area contributed by atoms with E-state index in [1.807, 2.05) is 12.3 Å². The number of fused-ring (bicyclic) bond motifs is 2. The fourth-order valence-electron chi connectivity index (χ4n) is 2.65. The van der Waals surface area contributed by atoms with Gasteiger partial charge in [-0.3, -0.25) is 10.3 Å². The van der Waals surface area contributed by atoms with Crippen molar-refractivity contribution in [1.29, 1.82) is 0 Å². The van der Waals surface area contributed by atoms with Gasteiger partial charge in [0.1, 0.15) is 11.9 Å². The first-order chi connectivity index (χ1) is 10.4. The number of nitrogens with two attached hydrogens (primary N) is 1. The van der Waals surface area contributed by atoms with Crippen molar-refractivity contribution in [3.63, 3.8) is 0 Å². The normalized spacial score (nSPS) is 15.3. The number of nitrogens with zero attached hydrogens (tertiary/aromatic N) is 1. The topological polar surface area (TPSA) is 29.5 Å². The summed E-state index contributed by atoms with van der Waals surface area (Å²) in [6, 6.07) is 18.8. The van der Waals surface area contributed by atoms with Crippen LogP contribution in [0.3, 0.4) is 0 Å².